The lowest BCUT2D eigenvalue weighted by Gasteiger charge is -2.14. The molecule has 0 aliphatic heterocycles. The molecule has 0 spiro atoms. The van der Waals surface area contributed by atoms with Crippen LogP contribution in [0.1, 0.15) is 146 Å². The van der Waals surface area contributed by atoms with Crippen LogP contribution in [0.5, 0.6) is 11.5 Å². The Bertz CT molecular complexity index is 2010. The van der Waals surface area contributed by atoms with Crippen LogP contribution in [0.4, 0.5) is 0 Å². The highest BCUT2D eigenvalue weighted by atomic mass is 16.4. The highest BCUT2D eigenvalue weighted by Gasteiger charge is 2.14. The second-order valence-corrected chi connectivity index (χ2v) is 17.7. The van der Waals surface area contributed by atoms with Gasteiger partial charge in [0, 0.05) is 51.7 Å². The van der Waals surface area contributed by atoms with E-state index in [-0.39, 0.29) is 26.1 Å². The van der Waals surface area contributed by atoms with Crippen molar-refractivity contribution in [3.63, 3.8) is 0 Å². The van der Waals surface area contributed by atoms with Gasteiger partial charge in [0.1, 0.15) is 11.5 Å². The Balaban J connectivity index is 0.000000256. The molecule has 362 valence electrons. The molecule has 0 saturated heterocycles. The fraction of sp³-hybridized carbons (Fsp3) is 0.367. The summed E-state index contributed by atoms with van der Waals surface area (Å²) in [5.74, 6) is -0.643. The highest BCUT2D eigenvalue weighted by Crippen LogP contribution is 2.31. The number of carboxylic acid groups (broad SMARTS) is 2. The second-order valence-electron chi connectivity index (χ2n) is 17.7. The number of phenols is 2. The van der Waals surface area contributed by atoms with Crippen LogP contribution in [0.3, 0.4) is 0 Å². The van der Waals surface area contributed by atoms with E-state index < -0.39 is 11.9 Å². The molecule has 6 aromatic carbocycles. The smallest absolute Gasteiger partial charge is 0.303 e. The molecule has 8 nitrogen and oxygen atoms in total. The summed E-state index contributed by atoms with van der Waals surface area (Å²) in [5.41, 5.74) is 11.1. The van der Waals surface area contributed by atoms with Gasteiger partial charge in [0.15, 0.2) is 0 Å². The van der Waals surface area contributed by atoms with Crippen LogP contribution in [-0.2, 0) is 48.1 Å². The third-order valence-electron chi connectivity index (χ3n) is 11.9. The number of benzene rings is 6. The summed E-state index contributed by atoms with van der Waals surface area (Å²) in [6.07, 6.45) is 16.5. The fourth-order valence-electron chi connectivity index (χ4n) is 8.25. The van der Waals surface area contributed by atoms with Crippen LogP contribution in [-0.4, -0.2) is 55.8 Å². The maximum absolute atomic E-state index is 11.0. The number of unbranched alkanes of at least 4 members (excludes halogenated alkanes) is 9. The summed E-state index contributed by atoms with van der Waals surface area (Å²) in [4.78, 5) is 21.3. The van der Waals surface area contributed by atoms with Crippen molar-refractivity contribution in [1.82, 2.24) is 0 Å². The van der Waals surface area contributed by atoms with Crippen molar-refractivity contribution < 1.29 is 40.2 Å². The second kappa shape index (κ2) is 32.5. The molecule has 6 rings (SSSR count). The molecule has 0 aliphatic carbocycles. The van der Waals surface area contributed by atoms with E-state index in [1.54, 1.807) is 0 Å². The van der Waals surface area contributed by atoms with Gasteiger partial charge in [-0.25, -0.2) is 0 Å². The zero-order valence-corrected chi connectivity index (χ0v) is 39.9. The first-order valence-corrected chi connectivity index (χ1v) is 24.6. The van der Waals surface area contributed by atoms with E-state index >= 15 is 0 Å². The maximum Gasteiger partial charge on any atom is 0.303 e. The molecule has 8 heteroatoms. The number of aryl methyl sites for hydroxylation is 2. The summed E-state index contributed by atoms with van der Waals surface area (Å²) in [6.45, 7) is 0.566. The Morgan fingerprint density at radius 3 is 0.824 bits per heavy atom. The number of hydrogen-bond acceptors (Lipinski definition) is 6. The Morgan fingerprint density at radius 1 is 0.324 bits per heavy atom. The molecule has 0 saturated carbocycles. The standard InChI is InChI=1S/2C27H30O3.C6H14O2/c2*28-26(29)16-10-2-1-5-15-23-19-24(17-21-11-6-3-7-12-21)27(30)25(20-23)18-22-13-8-4-9-14-22;7-5-3-1-2-4-6-8/h2*3-4,6-9,11-14,19-20,30H,1-2,5,10,15-18H2,(H,28,29);7-8H,1-6H2. The zero-order valence-electron chi connectivity index (χ0n) is 39.9. The van der Waals surface area contributed by atoms with Gasteiger partial charge < -0.3 is 30.6 Å². The lowest BCUT2D eigenvalue weighted by atomic mass is 9.93. The number of hydrogen-bond donors (Lipinski definition) is 6. The lowest BCUT2D eigenvalue weighted by molar-refractivity contribution is -0.138. The van der Waals surface area contributed by atoms with Crippen LogP contribution in [0.25, 0.3) is 0 Å². The number of carboxylic acids is 2. The first kappa shape index (κ1) is 54.4. The van der Waals surface area contributed by atoms with Crippen molar-refractivity contribution in [3.8, 4) is 11.5 Å². The number of aliphatic carboxylic acids is 2. The summed E-state index contributed by atoms with van der Waals surface area (Å²) in [5, 5.41) is 56.1. The van der Waals surface area contributed by atoms with Gasteiger partial charge in [-0.2, -0.15) is 0 Å². The summed E-state index contributed by atoms with van der Waals surface area (Å²) in [7, 11) is 0. The van der Waals surface area contributed by atoms with Gasteiger partial charge in [0.05, 0.1) is 0 Å². The van der Waals surface area contributed by atoms with Crippen LogP contribution >= 0.6 is 0 Å². The van der Waals surface area contributed by atoms with E-state index in [9.17, 15) is 19.8 Å². The highest BCUT2D eigenvalue weighted by molar-refractivity contribution is 5.66. The molecule has 6 N–H and O–H groups in total. The Hall–Kier alpha value is -6.22. The van der Waals surface area contributed by atoms with E-state index in [0.29, 0.717) is 37.2 Å². The Kier molecular flexibility index (Phi) is 26.0. The van der Waals surface area contributed by atoms with E-state index in [2.05, 4.69) is 72.8 Å². The predicted octanol–water partition coefficient (Wildman–Crippen LogP) is 12.8. The van der Waals surface area contributed by atoms with Gasteiger partial charge in [0.2, 0.25) is 0 Å². The number of rotatable bonds is 27. The van der Waals surface area contributed by atoms with Crippen molar-refractivity contribution >= 4 is 11.9 Å². The molecule has 6 aromatic rings. The molecule has 0 fully saturated rings. The first-order valence-electron chi connectivity index (χ1n) is 24.6. The summed E-state index contributed by atoms with van der Waals surface area (Å²) in [6, 6.07) is 49.5. The summed E-state index contributed by atoms with van der Waals surface area (Å²) >= 11 is 0. The molecule has 0 radical (unpaired) electrons. The van der Waals surface area contributed by atoms with Crippen LogP contribution in [0.2, 0.25) is 0 Å². The Morgan fingerprint density at radius 2 is 0.574 bits per heavy atom. The number of aliphatic hydroxyl groups is 2. The minimum Gasteiger partial charge on any atom is -0.507 e. The minimum atomic E-state index is -0.718. The van der Waals surface area contributed by atoms with Crippen LogP contribution in [0.15, 0.2) is 146 Å². The minimum absolute atomic E-state index is 0.252. The lowest BCUT2D eigenvalue weighted by Crippen LogP contribution is -1.99. The number of aromatic hydroxyl groups is 2. The average Bonchev–Trinajstić information content (AvgIpc) is 3.34. The molecular weight excluding hydrogens is 849 g/mol. The van der Waals surface area contributed by atoms with Crippen molar-refractivity contribution in [1.29, 1.82) is 0 Å². The first-order chi connectivity index (χ1) is 33.1. The van der Waals surface area contributed by atoms with E-state index in [4.69, 9.17) is 20.4 Å². The van der Waals surface area contributed by atoms with E-state index in [1.807, 2.05) is 72.8 Å². The van der Waals surface area contributed by atoms with E-state index in [0.717, 1.165) is 112 Å². The summed E-state index contributed by atoms with van der Waals surface area (Å²) < 4.78 is 0. The number of carbonyl (C=O) groups is 2. The van der Waals surface area contributed by atoms with Gasteiger partial charge in [-0.15, -0.1) is 0 Å². The van der Waals surface area contributed by atoms with Crippen LogP contribution in [0, 0.1) is 0 Å². The van der Waals surface area contributed by atoms with E-state index in [1.165, 1.54) is 33.4 Å². The zero-order chi connectivity index (χ0) is 48.6. The molecule has 0 bridgehead atoms. The number of aliphatic hydroxyl groups excluding tert-OH is 2. The third-order valence-corrected chi connectivity index (χ3v) is 11.9. The molecule has 0 aromatic heterocycles. The normalized spacial score (nSPS) is 10.7. The number of phenolic OH excluding ortho intramolecular Hbond substituents is 2. The van der Waals surface area contributed by atoms with Crippen molar-refractivity contribution in [2.75, 3.05) is 13.2 Å². The molecule has 0 aliphatic rings. The monoisotopic (exact) mass is 923 g/mol. The maximum atomic E-state index is 11.0. The molecule has 0 amide bonds. The topological polar surface area (TPSA) is 156 Å². The van der Waals surface area contributed by atoms with Gasteiger partial charge in [-0.05, 0) is 107 Å². The van der Waals surface area contributed by atoms with Crippen molar-refractivity contribution in [2.45, 2.75) is 128 Å². The quantitative estimate of drug-likeness (QED) is 0.0279. The fourth-order valence-corrected chi connectivity index (χ4v) is 8.25. The van der Waals surface area contributed by atoms with Gasteiger partial charge in [-0.3, -0.25) is 9.59 Å². The SMILES string of the molecule is O=C(O)CCCCCCc1cc(Cc2ccccc2)c(O)c(Cc2ccccc2)c1.O=C(O)CCCCCCc1cc(Cc2ccccc2)c(O)c(Cc2ccccc2)c1.OCCCCCCO. The van der Waals surface area contributed by atoms with Gasteiger partial charge >= 0.3 is 11.9 Å². The van der Waals surface area contributed by atoms with Crippen molar-refractivity contribution in [2.24, 2.45) is 0 Å². The average molecular weight is 923 g/mol. The van der Waals surface area contributed by atoms with Crippen molar-refractivity contribution in [3.05, 3.63) is 201 Å². The Labute approximate surface area is 405 Å². The molecular formula is C60H74O8. The van der Waals surface area contributed by atoms with Gasteiger partial charge in [-0.1, -0.05) is 184 Å². The third kappa shape index (κ3) is 22.1. The molecule has 0 atom stereocenters. The van der Waals surface area contributed by atoms with Gasteiger partial charge in [0.25, 0.3) is 0 Å². The molecule has 0 heterocycles. The largest absolute Gasteiger partial charge is 0.507 e. The van der Waals surface area contributed by atoms with Crippen LogP contribution < -0.4 is 0 Å². The predicted molar refractivity (Wildman–Crippen MR) is 275 cm³/mol. The molecule has 68 heavy (non-hydrogen) atoms. The molecule has 0 unspecified atom stereocenters.